The Morgan fingerprint density at radius 1 is 0.300 bits per heavy atom. The molecule has 5 atom stereocenters. The molecule has 0 aliphatic carbocycles. The Kier molecular flexibility index (Phi) is 68.2. The molecule has 19 heteroatoms. The molecule has 0 aromatic heterocycles. The van der Waals surface area contributed by atoms with Gasteiger partial charge in [0.1, 0.15) is 19.3 Å². The summed E-state index contributed by atoms with van der Waals surface area (Å²) in [4.78, 5) is 72.7. The van der Waals surface area contributed by atoms with Crippen LogP contribution >= 0.6 is 15.6 Å². The van der Waals surface area contributed by atoms with Crippen molar-refractivity contribution in [1.82, 2.24) is 0 Å². The van der Waals surface area contributed by atoms with Gasteiger partial charge in [0.15, 0.2) is 12.2 Å². The van der Waals surface area contributed by atoms with Crippen LogP contribution in [0.5, 0.6) is 0 Å². The lowest BCUT2D eigenvalue weighted by molar-refractivity contribution is -0.161. The standard InChI is InChI=1S/C81H132O17P2/c1-5-9-13-17-21-25-29-33-36-37-40-43-46-50-54-58-62-66-79(84)92-72-77(98-81(86)68-64-60-56-52-48-44-39-35-31-27-23-19-15-11-7-3)74-96-100(89,90)94-70-75(82)69-93-99(87,88)95-73-76(97-80(85)67-63-59-55-51-47-41-32-28-24-20-16-12-8-4)71-91-78(83)65-61-57-53-49-45-42-38-34-30-26-22-18-14-10-6-2/h9-10,13-14,21-23,25-28,32-36,38-40,43,45,49-50,54,57,61,75-77,82H,5-8,11-12,15-20,24,29-31,37,41-42,44,46-48,51-53,55-56,58-60,62-74H2,1-4H3,(H,87,88)(H,89,90)/b13-9-,14-10-,25-21-,26-22-,27-23-,32-28-,36-33-,38-34-,39-35-,43-40-,49-45-,54-50-,61-57-. The number of ether oxygens (including phenoxy) is 4. The van der Waals surface area contributed by atoms with Crippen molar-refractivity contribution in [3.8, 4) is 0 Å². The van der Waals surface area contributed by atoms with Crippen molar-refractivity contribution in [2.45, 2.75) is 290 Å². The molecule has 3 N–H and O–H groups in total. The average Bonchev–Trinajstić information content (AvgIpc) is 1.06. The first kappa shape index (κ1) is 94.7. The minimum absolute atomic E-state index is 0.0593. The van der Waals surface area contributed by atoms with Gasteiger partial charge < -0.3 is 33.8 Å². The number of phosphoric ester groups is 2. The molecule has 17 nitrogen and oxygen atoms in total. The average molecular weight is 1440 g/mol. The zero-order valence-corrected chi connectivity index (χ0v) is 63.6. The van der Waals surface area contributed by atoms with E-state index in [-0.39, 0.29) is 25.7 Å². The number of rotatable bonds is 69. The lowest BCUT2D eigenvalue weighted by Gasteiger charge is -2.21. The second-order valence-electron chi connectivity index (χ2n) is 24.5. The summed E-state index contributed by atoms with van der Waals surface area (Å²) < 4.78 is 68.2. The third-order valence-electron chi connectivity index (χ3n) is 15.0. The van der Waals surface area contributed by atoms with E-state index in [4.69, 9.17) is 37.0 Å². The maximum Gasteiger partial charge on any atom is 0.472 e. The molecular weight excluding hydrogens is 1310 g/mol. The number of hydrogen-bond acceptors (Lipinski definition) is 15. The predicted octanol–water partition coefficient (Wildman–Crippen LogP) is 21.7. The Morgan fingerprint density at radius 3 is 0.950 bits per heavy atom. The van der Waals surface area contributed by atoms with Crippen LogP contribution in [0.1, 0.15) is 272 Å². The first-order valence-electron chi connectivity index (χ1n) is 37.7. The van der Waals surface area contributed by atoms with E-state index < -0.39 is 97.5 Å². The molecule has 0 rings (SSSR count). The Bertz CT molecular complexity index is 2520. The molecule has 100 heavy (non-hydrogen) atoms. The third-order valence-corrected chi connectivity index (χ3v) is 16.9. The largest absolute Gasteiger partial charge is 0.472 e. The van der Waals surface area contributed by atoms with Gasteiger partial charge in [-0.25, -0.2) is 9.13 Å². The maximum absolute atomic E-state index is 13.1. The summed E-state index contributed by atoms with van der Waals surface area (Å²) in [6.07, 6.45) is 82.7. The maximum atomic E-state index is 13.1. The van der Waals surface area contributed by atoms with Crippen LogP contribution < -0.4 is 0 Å². The summed E-state index contributed by atoms with van der Waals surface area (Å²) in [5.41, 5.74) is 0. The molecule has 0 fully saturated rings. The first-order chi connectivity index (χ1) is 48.7. The van der Waals surface area contributed by atoms with Crippen LogP contribution in [-0.2, 0) is 65.4 Å². The monoisotopic (exact) mass is 1440 g/mol. The highest BCUT2D eigenvalue weighted by atomic mass is 31.2. The lowest BCUT2D eigenvalue weighted by Crippen LogP contribution is -2.30. The Balaban J connectivity index is 5.49. The summed E-state index contributed by atoms with van der Waals surface area (Å²) in [5, 5.41) is 10.6. The Labute approximate surface area is 604 Å². The van der Waals surface area contributed by atoms with E-state index in [1.54, 1.807) is 6.08 Å². The van der Waals surface area contributed by atoms with Gasteiger partial charge in [-0.2, -0.15) is 0 Å². The fourth-order valence-electron chi connectivity index (χ4n) is 9.29. The Morgan fingerprint density at radius 2 is 0.570 bits per heavy atom. The van der Waals surface area contributed by atoms with Crippen molar-refractivity contribution in [2.75, 3.05) is 39.6 Å². The second-order valence-corrected chi connectivity index (χ2v) is 27.4. The third kappa shape index (κ3) is 71.1. The topological polar surface area (TPSA) is 237 Å². The fourth-order valence-corrected chi connectivity index (χ4v) is 10.9. The second kappa shape index (κ2) is 72.0. The molecule has 0 heterocycles. The molecule has 0 aromatic carbocycles. The van der Waals surface area contributed by atoms with Crippen molar-refractivity contribution in [3.05, 3.63) is 158 Å². The van der Waals surface area contributed by atoms with Gasteiger partial charge in [0, 0.05) is 19.3 Å². The number of unbranched alkanes of at least 4 members (excludes halogenated alkanes) is 18. The molecule has 0 saturated carbocycles. The van der Waals surface area contributed by atoms with Gasteiger partial charge in [-0.1, -0.05) is 256 Å². The number of hydrogen-bond donors (Lipinski definition) is 3. The van der Waals surface area contributed by atoms with E-state index in [9.17, 15) is 43.2 Å². The van der Waals surface area contributed by atoms with Crippen molar-refractivity contribution < 1.29 is 80.2 Å². The highest BCUT2D eigenvalue weighted by Crippen LogP contribution is 2.45. The van der Waals surface area contributed by atoms with Crippen LogP contribution in [0.2, 0.25) is 0 Å². The first-order valence-corrected chi connectivity index (χ1v) is 40.7. The quantitative estimate of drug-likeness (QED) is 0.0169. The molecule has 5 unspecified atom stereocenters. The number of carbonyl (C=O) groups is 4. The molecule has 0 radical (unpaired) electrons. The molecule has 0 aliphatic heterocycles. The summed E-state index contributed by atoms with van der Waals surface area (Å²) in [7, 11) is -10.0. The SMILES string of the molecule is CC/C=C\C/C=C\C/C=C\C/C=C\C/C=C\CCCC(=O)OCC(COP(=O)(O)OCC(O)COP(=O)(O)OCC(COC(=O)C/C=C\C/C=C\C/C=C\C/C=C\C/C=C\CC)OC(=O)CCCCCCC/C=C\CCCCCC)OC(=O)CCCCCCC/C=C\C/C=C\CCCCC. The molecular formula is C81H132O17P2. The zero-order chi connectivity index (χ0) is 73.2. The van der Waals surface area contributed by atoms with Crippen LogP contribution in [0, 0.1) is 0 Å². The van der Waals surface area contributed by atoms with Crippen LogP contribution in [0.15, 0.2) is 158 Å². The van der Waals surface area contributed by atoms with Crippen LogP contribution in [0.25, 0.3) is 0 Å². The number of carbonyl (C=O) groups excluding carboxylic acids is 4. The number of allylic oxidation sites excluding steroid dienone is 25. The van der Waals surface area contributed by atoms with Crippen molar-refractivity contribution >= 4 is 39.5 Å². The summed E-state index contributed by atoms with van der Waals surface area (Å²) in [6.45, 7) is 4.37. The lowest BCUT2D eigenvalue weighted by atomic mass is 10.1. The van der Waals surface area contributed by atoms with E-state index >= 15 is 0 Å². The molecule has 0 amide bonds. The number of aliphatic hydroxyl groups excluding tert-OH is 1. The zero-order valence-electron chi connectivity index (χ0n) is 61.8. The molecule has 0 aromatic rings. The van der Waals surface area contributed by atoms with Gasteiger partial charge in [0.25, 0.3) is 0 Å². The van der Waals surface area contributed by atoms with Gasteiger partial charge in [0.2, 0.25) is 0 Å². The summed E-state index contributed by atoms with van der Waals surface area (Å²) >= 11 is 0. The molecule has 0 saturated heterocycles. The highest BCUT2D eigenvalue weighted by molar-refractivity contribution is 7.47. The van der Waals surface area contributed by atoms with Crippen LogP contribution in [0.3, 0.4) is 0 Å². The van der Waals surface area contributed by atoms with Crippen molar-refractivity contribution in [3.63, 3.8) is 0 Å². The summed E-state index contributed by atoms with van der Waals surface area (Å²) in [6, 6.07) is 0. The van der Waals surface area contributed by atoms with E-state index in [1.807, 2.05) is 30.4 Å². The van der Waals surface area contributed by atoms with Gasteiger partial charge >= 0.3 is 39.5 Å². The van der Waals surface area contributed by atoms with E-state index in [0.717, 1.165) is 141 Å². The van der Waals surface area contributed by atoms with Crippen LogP contribution in [0.4, 0.5) is 0 Å². The number of esters is 4. The fraction of sp³-hybridized carbons (Fsp3) is 0.630. The summed E-state index contributed by atoms with van der Waals surface area (Å²) in [5.74, 6) is -2.43. The minimum Gasteiger partial charge on any atom is -0.462 e. The molecule has 0 aliphatic rings. The van der Waals surface area contributed by atoms with E-state index in [2.05, 4.69) is 149 Å². The van der Waals surface area contributed by atoms with Gasteiger partial charge in [-0.3, -0.25) is 37.3 Å². The molecule has 568 valence electrons. The van der Waals surface area contributed by atoms with Gasteiger partial charge in [-0.15, -0.1) is 0 Å². The molecule has 0 bridgehead atoms. The predicted molar refractivity (Wildman–Crippen MR) is 408 cm³/mol. The van der Waals surface area contributed by atoms with E-state index in [0.29, 0.717) is 32.1 Å². The molecule has 0 spiro atoms. The highest BCUT2D eigenvalue weighted by Gasteiger charge is 2.30. The van der Waals surface area contributed by atoms with Gasteiger partial charge in [0.05, 0.1) is 32.8 Å². The number of aliphatic hydroxyl groups is 1. The minimum atomic E-state index is -5.00. The normalized spacial score (nSPS) is 14.8. The van der Waals surface area contributed by atoms with Gasteiger partial charge in [-0.05, 0) is 148 Å². The number of phosphoric acid groups is 2. The van der Waals surface area contributed by atoms with E-state index in [1.165, 1.54) is 44.9 Å². The Hall–Kier alpha value is -5.32. The van der Waals surface area contributed by atoms with Crippen molar-refractivity contribution in [2.24, 2.45) is 0 Å². The van der Waals surface area contributed by atoms with Crippen molar-refractivity contribution in [1.29, 1.82) is 0 Å². The smallest absolute Gasteiger partial charge is 0.462 e. The van der Waals surface area contributed by atoms with Crippen LogP contribution in [-0.4, -0.2) is 96.7 Å².